The van der Waals surface area contributed by atoms with E-state index < -0.39 is 0 Å². The van der Waals surface area contributed by atoms with E-state index in [1.165, 1.54) is 0 Å². The molecule has 1 aromatic heterocycles. The number of H-pyrrole nitrogens is 1. The van der Waals surface area contributed by atoms with E-state index >= 15 is 0 Å². The largest absolute Gasteiger partial charge is 0.385 e. The van der Waals surface area contributed by atoms with Gasteiger partial charge in [-0.15, -0.1) is 0 Å². The van der Waals surface area contributed by atoms with Crippen molar-refractivity contribution in [1.82, 2.24) is 4.98 Å². The summed E-state index contributed by atoms with van der Waals surface area (Å²) < 4.78 is 0. The molecule has 7 N–H and O–H groups in total. The van der Waals surface area contributed by atoms with Gasteiger partial charge in [-0.25, -0.2) is 0 Å². The Bertz CT molecular complexity index is 800. The number of rotatable bonds is 3. The summed E-state index contributed by atoms with van der Waals surface area (Å²) in [6.45, 7) is 0. The molecule has 0 spiro atoms. The van der Waals surface area contributed by atoms with Gasteiger partial charge < -0.3 is 22.2 Å². The highest BCUT2D eigenvalue weighted by molar-refractivity contribution is 5.98. The molecule has 3 aromatic rings. The third-order valence-electron chi connectivity index (χ3n) is 3.38. The number of anilines is 1. The summed E-state index contributed by atoms with van der Waals surface area (Å²) in [5, 5.41) is 0. The number of nitrogens with two attached hydrogens (primary N) is 3. The number of nitrogens with one attached hydrogen (secondary N) is 1. The third-order valence-corrected chi connectivity index (χ3v) is 3.38. The maximum Gasteiger partial charge on any atom is 0.192 e. The highest BCUT2D eigenvalue weighted by Gasteiger charge is 2.18. The van der Waals surface area contributed by atoms with Crippen LogP contribution in [0.4, 0.5) is 11.6 Å². The smallest absolute Gasteiger partial charge is 0.192 e. The molecule has 0 aliphatic carbocycles. The molecule has 0 aliphatic rings. The topological polar surface area (TPSA) is 106 Å². The second kappa shape index (κ2) is 5.65. The van der Waals surface area contributed by atoms with E-state index in [2.05, 4.69) is 9.98 Å². The molecule has 2 aromatic carbocycles. The Morgan fingerprint density at radius 1 is 0.773 bits per heavy atom. The summed E-state index contributed by atoms with van der Waals surface area (Å²) in [6, 6.07) is 19.8. The lowest BCUT2D eigenvalue weighted by Crippen LogP contribution is -2.22. The van der Waals surface area contributed by atoms with Crippen LogP contribution in [0.1, 0.15) is 0 Å². The number of nitrogen functional groups attached to an aromatic ring is 1. The van der Waals surface area contributed by atoms with Gasteiger partial charge in [0.15, 0.2) is 5.96 Å². The third kappa shape index (κ3) is 2.52. The number of aliphatic imine (C=N–C) groups is 1. The summed E-state index contributed by atoms with van der Waals surface area (Å²) >= 11 is 0. The first kappa shape index (κ1) is 13.8. The number of hydrogen-bond acceptors (Lipinski definition) is 2. The van der Waals surface area contributed by atoms with E-state index in [0.717, 1.165) is 22.3 Å². The molecule has 22 heavy (non-hydrogen) atoms. The first-order valence-electron chi connectivity index (χ1n) is 6.88. The molecular formula is C17H17N5. The zero-order valence-electron chi connectivity index (χ0n) is 12.0. The maximum atomic E-state index is 6.18. The number of hydrogen-bond donors (Lipinski definition) is 4. The van der Waals surface area contributed by atoms with E-state index in [9.17, 15) is 0 Å². The zero-order valence-corrected chi connectivity index (χ0v) is 12.0. The number of guanidine groups is 1. The van der Waals surface area contributed by atoms with Gasteiger partial charge in [-0.3, -0.25) is 0 Å². The van der Waals surface area contributed by atoms with Crippen molar-refractivity contribution >= 4 is 17.6 Å². The minimum atomic E-state index is -0.0157. The molecule has 3 rings (SSSR count). The van der Waals surface area contributed by atoms with Crippen LogP contribution in [-0.4, -0.2) is 10.9 Å². The Labute approximate surface area is 128 Å². The van der Waals surface area contributed by atoms with Crippen LogP contribution in [0.3, 0.4) is 0 Å². The first-order valence-corrected chi connectivity index (χ1v) is 6.88. The Morgan fingerprint density at radius 3 is 1.77 bits per heavy atom. The Hall–Kier alpha value is -3.21. The van der Waals surface area contributed by atoms with Crippen LogP contribution in [0, 0.1) is 0 Å². The second-order valence-electron chi connectivity index (χ2n) is 4.91. The lowest BCUT2D eigenvalue weighted by Gasteiger charge is -2.07. The molecule has 0 amide bonds. The van der Waals surface area contributed by atoms with E-state index in [1.54, 1.807) is 0 Å². The molecule has 5 heteroatoms. The molecule has 110 valence electrons. The minimum Gasteiger partial charge on any atom is -0.385 e. The second-order valence-corrected chi connectivity index (χ2v) is 4.91. The van der Waals surface area contributed by atoms with Gasteiger partial charge in [-0.05, 0) is 11.1 Å². The van der Waals surface area contributed by atoms with Crippen molar-refractivity contribution in [2.45, 2.75) is 0 Å². The van der Waals surface area contributed by atoms with E-state index in [-0.39, 0.29) is 5.96 Å². The number of nitrogens with zero attached hydrogens (tertiary/aromatic N) is 1. The maximum absolute atomic E-state index is 6.18. The predicted octanol–water partition coefficient (Wildman–Crippen LogP) is 2.84. The highest BCUT2D eigenvalue weighted by atomic mass is 15.1. The van der Waals surface area contributed by atoms with Crippen molar-refractivity contribution in [3.63, 3.8) is 0 Å². The minimum absolute atomic E-state index is 0.0157. The molecule has 0 saturated heterocycles. The van der Waals surface area contributed by atoms with Gasteiger partial charge in [-0.2, -0.15) is 4.99 Å². The molecule has 0 bridgehead atoms. The molecule has 0 saturated carbocycles. The standard InChI is InChI=1S/C17H17N5/c18-15-13(11-7-3-1-4-8-11)14(12-9-5-2-6-10-12)16(21-15)22-17(19)20/h1-10,21H,18H2,(H4,19,20,22). The molecular weight excluding hydrogens is 274 g/mol. The van der Waals surface area contributed by atoms with Crippen LogP contribution in [0.5, 0.6) is 0 Å². The van der Waals surface area contributed by atoms with Crippen molar-refractivity contribution in [3.05, 3.63) is 60.7 Å². The molecule has 0 aliphatic heterocycles. The molecule has 0 fully saturated rings. The normalized spacial score (nSPS) is 10.4. The van der Waals surface area contributed by atoms with Crippen LogP contribution in [0.25, 0.3) is 22.3 Å². The van der Waals surface area contributed by atoms with E-state index in [1.807, 2.05) is 60.7 Å². The molecule has 0 radical (unpaired) electrons. The summed E-state index contributed by atoms with van der Waals surface area (Å²) in [5.74, 6) is 1.07. The first-order chi connectivity index (χ1) is 10.7. The highest BCUT2D eigenvalue weighted by Crippen LogP contribution is 2.43. The van der Waals surface area contributed by atoms with Gasteiger partial charge in [0.25, 0.3) is 0 Å². The Morgan fingerprint density at radius 2 is 1.27 bits per heavy atom. The number of benzene rings is 2. The van der Waals surface area contributed by atoms with Crippen molar-refractivity contribution in [2.24, 2.45) is 16.5 Å². The fourth-order valence-electron chi connectivity index (χ4n) is 2.51. The molecule has 1 heterocycles. The van der Waals surface area contributed by atoms with Gasteiger partial charge >= 0.3 is 0 Å². The van der Waals surface area contributed by atoms with Crippen LogP contribution < -0.4 is 17.2 Å². The summed E-state index contributed by atoms with van der Waals surface area (Å²) in [5.41, 5.74) is 21.0. The van der Waals surface area contributed by atoms with Crippen LogP contribution in [0.15, 0.2) is 65.7 Å². The SMILES string of the molecule is NC(N)=Nc1[nH]c(N)c(-c2ccccc2)c1-c1ccccc1. The molecule has 5 nitrogen and oxygen atoms in total. The van der Waals surface area contributed by atoms with Crippen LogP contribution >= 0.6 is 0 Å². The molecule has 0 unspecified atom stereocenters. The summed E-state index contributed by atoms with van der Waals surface area (Å²) in [6.07, 6.45) is 0. The lowest BCUT2D eigenvalue weighted by molar-refractivity contribution is 1.31. The summed E-state index contributed by atoms with van der Waals surface area (Å²) in [7, 11) is 0. The predicted molar refractivity (Wildman–Crippen MR) is 91.5 cm³/mol. The lowest BCUT2D eigenvalue weighted by atomic mass is 9.97. The zero-order chi connectivity index (χ0) is 15.5. The number of aromatic nitrogens is 1. The van der Waals surface area contributed by atoms with Crippen molar-refractivity contribution in [3.8, 4) is 22.3 Å². The van der Waals surface area contributed by atoms with Gasteiger partial charge in [0.1, 0.15) is 11.6 Å². The quantitative estimate of drug-likeness (QED) is 0.440. The van der Waals surface area contributed by atoms with Gasteiger partial charge in [0, 0.05) is 11.1 Å². The van der Waals surface area contributed by atoms with Crippen LogP contribution in [0.2, 0.25) is 0 Å². The average molecular weight is 291 g/mol. The van der Waals surface area contributed by atoms with Crippen LogP contribution in [-0.2, 0) is 0 Å². The van der Waals surface area contributed by atoms with Gasteiger partial charge in [-0.1, -0.05) is 60.7 Å². The van der Waals surface area contributed by atoms with E-state index in [0.29, 0.717) is 11.6 Å². The van der Waals surface area contributed by atoms with E-state index in [4.69, 9.17) is 17.2 Å². The summed E-state index contributed by atoms with van der Waals surface area (Å²) in [4.78, 5) is 7.25. The van der Waals surface area contributed by atoms with Crippen molar-refractivity contribution in [1.29, 1.82) is 0 Å². The molecule has 0 atom stereocenters. The van der Waals surface area contributed by atoms with Gasteiger partial charge in [0.05, 0.1) is 0 Å². The average Bonchev–Trinajstić information content (AvgIpc) is 2.84. The van der Waals surface area contributed by atoms with Crippen molar-refractivity contribution in [2.75, 3.05) is 5.73 Å². The fraction of sp³-hybridized carbons (Fsp3) is 0. The monoisotopic (exact) mass is 291 g/mol. The Balaban J connectivity index is 2.30. The van der Waals surface area contributed by atoms with Gasteiger partial charge in [0.2, 0.25) is 0 Å². The van der Waals surface area contributed by atoms with Crippen molar-refractivity contribution < 1.29 is 0 Å². The number of aromatic amines is 1. The Kier molecular flexibility index (Phi) is 3.53. The fourth-order valence-corrected chi connectivity index (χ4v) is 2.51.